The van der Waals surface area contributed by atoms with E-state index in [9.17, 15) is 13.2 Å². The first-order valence-corrected chi connectivity index (χ1v) is 4.70. The van der Waals surface area contributed by atoms with Gasteiger partial charge in [-0.05, 0) is 19.4 Å². The van der Waals surface area contributed by atoms with Gasteiger partial charge in [0.05, 0.1) is 12.0 Å². The van der Waals surface area contributed by atoms with Gasteiger partial charge in [0.25, 0.3) is 0 Å². The molecule has 0 fully saturated rings. The summed E-state index contributed by atoms with van der Waals surface area (Å²) >= 11 is 0. The molecule has 0 aromatic carbocycles. The molecule has 0 aliphatic heterocycles. The van der Waals surface area contributed by atoms with Gasteiger partial charge in [-0.15, -0.1) is 0 Å². The lowest BCUT2D eigenvalue weighted by molar-refractivity contribution is -0.136. The van der Waals surface area contributed by atoms with Crippen LogP contribution in [0.15, 0.2) is 0 Å². The van der Waals surface area contributed by atoms with Crippen molar-refractivity contribution < 1.29 is 13.2 Å². The summed E-state index contributed by atoms with van der Waals surface area (Å²) in [5.41, 5.74) is 7.13. The van der Waals surface area contributed by atoms with E-state index in [1.54, 1.807) is 13.8 Å². The maximum Gasteiger partial charge on any atom is 0.390 e. The van der Waals surface area contributed by atoms with E-state index in [1.807, 2.05) is 6.07 Å². The fraction of sp³-hybridized carbons (Fsp3) is 0.500. The van der Waals surface area contributed by atoms with Gasteiger partial charge >= 0.3 is 6.18 Å². The van der Waals surface area contributed by atoms with Crippen LogP contribution in [-0.4, -0.2) is 10.7 Å². The fourth-order valence-corrected chi connectivity index (χ4v) is 1.56. The topological polar surface area (TPSA) is 54.7 Å². The lowest BCUT2D eigenvalue weighted by Gasteiger charge is -2.10. The molecule has 0 radical (unpaired) electrons. The maximum atomic E-state index is 12.1. The molecule has 1 aromatic rings. The zero-order valence-corrected chi connectivity index (χ0v) is 9.02. The number of alkyl halides is 3. The van der Waals surface area contributed by atoms with Crippen molar-refractivity contribution in [2.24, 2.45) is 0 Å². The van der Waals surface area contributed by atoms with Gasteiger partial charge in [-0.1, -0.05) is 0 Å². The molecular formula is C10H12F3N3. The van der Waals surface area contributed by atoms with E-state index < -0.39 is 12.6 Å². The first-order chi connectivity index (χ1) is 7.28. The van der Waals surface area contributed by atoms with Crippen LogP contribution in [0.2, 0.25) is 0 Å². The van der Waals surface area contributed by atoms with Crippen molar-refractivity contribution >= 4 is 5.82 Å². The molecule has 0 saturated heterocycles. The molecule has 16 heavy (non-hydrogen) atoms. The van der Waals surface area contributed by atoms with E-state index in [2.05, 4.69) is 0 Å². The smallest absolute Gasteiger partial charge is 0.384 e. The summed E-state index contributed by atoms with van der Waals surface area (Å²) in [6, 6.07) is 1.89. The first kappa shape index (κ1) is 12.4. The highest BCUT2D eigenvalue weighted by Crippen LogP contribution is 2.26. The molecule has 1 heterocycles. The Hall–Kier alpha value is -1.64. The molecule has 0 saturated carbocycles. The molecule has 0 spiro atoms. The largest absolute Gasteiger partial charge is 0.390 e. The molecule has 2 N–H and O–H groups in total. The predicted octanol–water partition coefficient (Wildman–Crippen LogP) is 2.51. The van der Waals surface area contributed by atoms with Crippen LogP contribution in [0, 0.1) is 25.2 Å². The maximum absolute atomic E-state index is 12.1. The van der Waals surface area contributed by atoms with Crippen molar-refractivity contribution in [1.29, 1.82) is 5.26 Å². The van der Waals surface area contributed by atoms with Crippen LogP contribution in [-0.2, 0) is 6.54 Å². The number of nitrogens with zero attached hydrogens (tertiary/aromatic N) is 2. The molecule has 0 amide bonds. The van der Waals surface area contributed by atoms with E-state index in [0.29, 0.717) is 11.3 Å². The van der Waals surface area contributed by atoms with E-state index in [0.717, 1.165) is 0 Å². The van der Waals surface area contributed by atoms with Crippen LogP contribution in [0.1, 0.15) is 23.2 Å². The highest BCUT2D eigenvalue weighted by atomic mass is 19.4. The van der Waals surface area contributed by atoms with Crippen molar-refractivity contribution in [2.75, 3.05) is 5.73 Å². The Morgan fingerprint density at radius 2 is 1.94 bits per heavy atom. The van der Waals surface area contributed by atoms with Crippen molar-refractivity contribution in [1.82, 2.24) is 4.57 Å². The molecule has 3 nitrogen and oxygen atoms in total. The summed E-state index contributed by atoms with van der Waals surface area (Å²) in [4.78, 5) is 0. The van der Waals surface area contributed by atoms with Gasteiger partial charge in [0.15, 0.2) is 0 Å². The van der Waals surface area contributed by atoms with Gasteiger partial charge in [0, 0.05) is 12.2 Å². The number of hydrogen-bond donors (Lipinski definition) is 1. The molecule has 1 aromatic heterocycles. The lowest BCUT2D eigenvalue weighted by Crippen LogP contribution is -2.14. The summed E-state index contributed by atoms with van der Waals surface area (Å²) in [7, 11) is 0. The SMILES string of the molecule is Cc1c(C#N)c(N)n(CCC(F)(F)F)c1C. The minimum absolute atomic E-state index is 0.113. The van der Waals surface area contributed by atoms with Gasteiger partial charge in [-0.2, -0.15) is 18.4 Å². The predicted molar refractivity (Wildman–Crippen MR) is 53.7 cm³/mol. The van der Waals surface area contributed by atoms with E-state index >= 15 is 0 Å². The number of anilines is 1. The average molecular weight is 231 g/mol. The van der Waals surface area contributed by atoms with Crippen LogP contribution in [0.5, 0.6) is 0 Å². The third-order valence-corrected chi connectivity index (χ3v) is 2.60. The van der Waals surface area contributed by atoms with Crippen LogP contribution in [0.3, 0.4) is 0 Å². The Morgan fingerprint density at radius 1 is 1.38 bits per heavy atom. The van der Waals surface area contributed by atoms with Crippen molar-refractivity contribution in [3.05, 3.63) is 16.8 Å². The van der Waals surface area contributed by atoms with Gasteiger partial charge in [-0.25, -0.2) is 0 Å². The number of nitrogens with two attached hydrogens (primary N) is 1. The summed E-state index contributed by atoms with van der Waals surface area (Å²) in [6.07, 6.45) is -5.17. The number of nitrogen functional groups attached to an aromatic ring is 1. The standard InChI is InChI=1S/C10H12F3N3/c1-6-7(2)16(4-3-10(11,12)13)9(15)8(6)5-14/h3-4,15H2,1-2H3. The van der Waals surface area contributed by atoms with E-state index in [4.69, 9.17) is 11.0 Å². The van der Waals surface area contributed by atoms with Crippen molar-refractivity contribution in [3.63, 3.8) is 0 Å². The Kier molecular flexibility index (Phi) is 3.17. The molecule has 0 atom stereocenters. The Labute approximate surface area is 91.3 Å². The normalized spacial score (nSPS) is 11.5. The van der Waals surface area contributed by atoms with Crippen LogP contribution < -0.4 is 5.73 Å². The molecule has 0 aliphatic rings. The number of rotatable bonds is 2. The molecule has 0 unspecified atom stereocenters. The Balaban J connectivity index is 3.03. The second-order valence-electron chi connectivity index (χ2n) is 3.60. The zero-order valence-electron chi connectivity index (χ0n) is 9.02. The van der Waals surface area contributed by atoms with E-state index in [1.165, 1.54) is 4.57 Å². The summed E-state index contributed by atoms with van der Waals surface area (Å²) < 4.78 is 37.6. The minimum Gasteiger partial charge on any atom is -0.384 e. The number of halogens is 3. The molecule has 6 heteroatoms. The Morgan fingerprint density at radius 3 is 2.31 bits per heavy atom. The summed E-state index contributed by atoms with van der Waals surface area (Å²) in [6.45, 7) is 3.08. The minimum atomic E-state index is -4.22. The van der Waals surface area contributed by atoms with Gasteiger partial charge in [-0.3, -0.25) is 0 Å². The van der Waals surface area contributed by atoms with Gasteiger partial charge < -0.3 is 10.3 Å². The third-order valence-electron chi connectivity index (χ3n) is 2.60. The van der Waals surface area contributed by atoms with Gasteiger partial charge in [0.2, 0.25) is 0 Å². The second-order valence-corrected chi connectivity index (χ2v) is 3.60. The van der Waals surface area contributed by atoms with Gasteiger partial charge in [0.1, 0.15) is 11.9 Å². The Bertz CT molecular complexity index is 438. The number of aromatic nitrogens is 1. The third kappa shape index (κ3) is 2.30. The summed E-state index contributed by atoms with van der Waals surface area (Å²) in [5.74, 6) is 0.113. The first-order valence-electron chi connectivity index (χ1n) is 4.70. The van der Waals surface area contributed by atoms with Crippen molar-refractivity contribution in [2.45, 2.75) is 33.0 Å². The molecule has 88 valence electrons. The van der Waals surface area contributed by atoms with Crippen molar-refractivity contribution in [3.8, 4) is 6.07 Å². The fourth-order valence-electron chi connectivity index (χ4n) is 1.56. The van der Waals surface area contributed by atoms with Crippen LogP contribution in [0.25, 0.3) is 0 Å². The molecule has 1 rings (SSSR count). The average Bonchev–Trinajstić information content (AvgIpc) is 2.35. The van der Waals surface area contributed by atoms with E-state index in [-0.39, 0.29) is 17.9 Å². The second kappa shape index (κ2) is 4.08. The van der Waals surface area contributed by atoms with Crippen LogP contribution in [0.4, 0.5) is 19.0 Å². The summed E-state index contributed by atoms with van der Waals surface area (Å²) in [5, 5.41) is 8.80. The molecule has 0 bridgehead atoms. The quantitative estimate of drug-likeness (QED) is 0.850. The van der Waals surface area contributed by atoms with Crippen LogP contribution >= 0.6 is 0 Å². The number of hydrogen-bond acceptors (Lipinski definition) is 2. The molecular weight excluding hydrogens is 219 g/mol. The monoisotopic (exact) mass is 231 g/mol. The lowest BCUT2D eigenvalue weighted by atomic mass is 10.2. The number of nitriles is 1. The highest BCUT2D eigenvalue weighted by molar-refractivity contribution is 5.57. The molecule has 0 aliphatic carbocycles. The highest BCUT2D eigenvalue weighted by Gasteiger charge is 2.28. The zero-order chi connectivity index (χ0) is 12.5.